The van der Waals surface area contributed by atoms with Crippen molar-refractivity contribution in [2.45, 2.75) is 19.1 Å². The van der Waals surface area contributed by atoms with E-state index in [2.05, 4.69) is 10.1 Å². The Morgan fingerprint density at radius 3 is 2.23 bits per heavy atom. The van der Waals surface area contributed by atoms with E-state index >= 15 is 0 Å². The first-order valence-corrected chi connectivity index (χ1v) is 4.67. The number of hydrogen-bond acceptors (Lipinski definition) is 4. The molecule has 76 valence electrons. The molecule has 0 rings (SSSR count). The largest absolute Gasteiger partial charge is 0.453 e. The first-order chi connectivity index (χ1) is 6.02. The smallest absolute Gasteiger partial charge is 0.407 e. The molecular formula is C7H12INO4. The molecule has 0 heterocycles. The Morgan fingerprint density at radius 2 is 1.92 bits per heavy atom. The zero-order valence-corrected chi connectivity index (χ0v) is 9.82. The van der Waals surface area contributed by atoms with Crippen LogP contribution in [0.2, 0.25) is 0 Å². The van der Waals surface area contributed by atoms with Gasteiger partial charge < -0.3 is 14.8 Å². The SMILES string of the molecule is COC(=O)N[C@H](C(=O)I)[C@@H](C)OC. The lowest BCUT2D eigenvalue weighted by Crippen LogP contribution is -2.46. The van der Waals surface area contributed by atoms with Crippen molar-refractivity contribution in [2.75, 3.05) is 14.2 Å². The van der Waals surface area contributed by atoms with Crippen LogP contribution in [-0.4, -0.2) is 36.2 Å². The highest BCUT2D eigenvalue weighted by molar-refractivity contribution is 14.1. The Hall–Kier alpha value is -0.370. The number of carbonyl (C=O) groups is 2. The van der Waals surface area contributed by atoms with Gasteiger partial charge in [-0.05, 0) is 6.92 Å². The second-order valence-corrected chi connectivity index (χ2v) is 3.42. The van der Waals surface area contributed by atoms with Gasteiger partial charge in [0.1, 0.15) is 6.04 Å². The average molecular weight is 301 g/mol. The van der Waals surface area contributed by atoms with E-state index in [1.54, 1.807) is 29.5 Å². The number of nitrogens with one attached hydrogen (secondary N) is 1. The lowest BCUT2D eigenvalue weighted by atomic mass is 10.2. The Kier molecular flexibility index (Phi) is 5.97. The number of halogens is 1. The quantitative estimate of drug-likeness (QED) is 0.613. The van der Waals surface area contributed by atoms with E-state index in [0.29, 0.717) is 0 Å². The summed E-state index contributed by atoms with van der Waals surface area (Å²) in [5.41, 5.74) is 0. The summed E-state index contributed by atoms with van der Waals surface area (Å²) in [4.78, 5) is 21.8. The molecule has 2 atom stereocenters. The maximum absolute atomic E-state index is 11.0. The summed E-state index contributed by atoms with van der Waals surface area (Å²) in [7, 11) is 2.71. The lowest BCUT2D eigenvalue weighted by Gasteiger charge is -2.19. The highest BCUT2D eigenvalue weighted by Crippen LogP contribution is 2.04. The summed E-state index contributed by atoms with van der Waals surface area (Å²) < 4.78 is 9.09. The van der Waals surface area contributed by atoms with E-state index < -0.39 is 12.1 Å². The molecule has 0 spiro atoms. The van der Waals surface area contributed by atoms with Gasteiger partial charge in [0.2, 0.25) is 3.79 Å². The molecule has 0 fully saturated rings. The first kappa shape index (κ1) is 12.6. The number of ether oxygens (including phenoxy) is 2. The summed E-state index contributed by atoms with van der Waals surface area (Å²) in [5.74, 6) is 0. The zero-order chi connectivity index (χ0) is 10.4. The summed E-state index contributed by atoms with van der Waals surface area (Å²) in [6.45, 7) is 1.69. The molecule has 0 saturated heterocycles. The van der Waals surface area contributed by atoms with E-state index in [4.69, 9.17) is 4.74 Å². The van der Waals surface area contributed by atoms with E-state index in [1.807, 2.05) is 0 Å². The normalized spacial score (nSPS) is 14.5. The van der Waals surface area contributed by atoms with Crippen molar-refractivity contribution in [1.29, 1.82) is 0 Å². The molecule has 0 aromatic heterocycles. The number of rotatable bonds is 4. The van der Waals surface area contributed by atoms with Gasteiger partial charge in [-0.2, -0.15) is 0 Å². The van der Waals surface area contributed by atoms with Crippen LogP contribution in [0.5, 0.6) is 0 Å². The Bertz CT molecular complexity index is 197. The van der Waals surface area contributed by atoms with Crippen LogP contribution in [0.15, 0.2) is 0 Å². The molecular weight excluding hydrogens is 289 g/mol. The van der Waals surface area contributed by atoms with Crippen LogP contribution in [0, 0.1) is 0 Å². The average Bonchev–Trinajstić information content (AvgIpc) is 2.11. The predicted octanol–water partition coefficient (Wildman–Crippen LogP) is 0.708. The van der Waals surface area contributed by atoms with Crippen LogP contribution in [-0.2, 0) is 14.3 Å². The third-order valence-electron chi connectivity index (χ3n) is 1.54. The third-order valence-corrected chi connectivity index (χ3v) is 2.22. The van der Waals surface area contributed by atoms with Crippen molar-refractivity contribution in [2.24, 2.45) is 0 Å². The molecule has 13 heavy (non-hydrogen) atoms. The van der Waals surface area contributed by atoms with Gasteiger partial charge in [-0.25, -0.2) is 4.79 Å². The van der Waals surface area contributed by atoms with E-state index in [1.165, 1.54) is 14.2 Å². The van der Waals surface area contributed by atoms with Crippen LogP contribution in [0.3, 0.4) is 0 Å². The molecule has 1 amide bonds. The maximum atomic E-state index is 11.0. The van der Waals surface area contributed by atoms with Crippen molar-refractivity contribution in [3.63, 3.8) is 0 Å². The first-order valence-electron chi connectivity index (χ1n) is 3.59. The molecule has 0 aromatic carbocycles. The molecule has 0 aliphatic rings. The van der Waals surface area contributed by atoms with E-state index in [-0.39, 0.29) is 9.89 Å². The Balaban J connectivity index is 4.26. The molecule has 0 radical (unpaired) electrons. The van der Waals surface area contributed by atoms with Crippen molar-refractivity contribution in [3.8, 4) is 0 Å². The molecule has 0 aliphatic heterocycles. The summed E-state index contributed by atoms with van der Waals surface area (Å²) in [5, 5.41) is 2.37. The number of alkyl carbamates (subject to hydrolysis) is 1. The monoisotopic (exact) mass is 301 g/mol. The highest BCUT2D eigenvalue weighted by atomic mass is 127. The van der Waals surface area contributed by atoms with Gasteiger partial charge in [-0.15, -0.1) is 0 Å². The van der Waals surface area contributed by atoms with Gasteiger partial charge in [0.15, 0.2) is 0 Å². The van der Waals surface area contributed by atoms with Crippen molar-refractivity contribution >= 4 is 32.5 Å². The second kappa shape index (κ2) is 6.14. The molecule has 1 N–H and O–H groups in total. The highest BCUT2D eigenvalue weighted by Gasteiger charge is 2.24. The van der Waals surface area contributed by atoms with Crippen molar-refractivity contribution in [1.82, 2.24) is 5.32 Å². The molecule has 0 bridgehead atoms. The minimum absolute atomic E-state index is 0.197. The summed E-state index contributed by atoms with van der Waals surface area (Å²) >= 11 is 1.60. The number of hydrogen-bond donors (Lipinski definition) is 1. The summed E-state index contributed by atoms with van der Waals surface area (Å²) in [6, 6.07) is -0.668. The maximum Gasteiger partial charge on any atom is 0.407 e. The molecule has 6 heteroatoms. The van der Waals surface area contributed by atoms with E-state index in [0.717, 1.165) is 0 Å². The molecule has 5 nitrogen and oxygen atoms in total. The fourth-order valence-corrected chi connectivity index (χ4v) is 1.34. The fraction of sp³-hybridized carbons (Fsp3) is 0.714. The Morgan fingerprint density at radius 1 is 1.38 bits per heavy atom. The number of methoxy groups -OCH3 is 2. The minimum atomic E-state index is -0.668. The lowest BCUT2D eigenvalue weighted by molar-refractivity contribution is -0.113. The van der Waals surface area contributed by atoms with Gasteiger partial charge in [-0.1, -0.05) is 0 Å². The van der Waals surface area contributed by atoms with Crippen LogP contribution in [0.25, 0.3) is 0 Å². The van der Waals surface area contributed by atoms with E-state index in [9.17, 15) is 9.59 Å². The third kappa shape index (κ3) is 4.41. The van der Waals surface area contributed by atoms with Gasteiger partial charge in [0.05, 0.1) is 13.2 Å². The molecule has 0 aromatic rings. The second-order valence-electron chi connectivity index (χ2n) is 2.36. The van der Waals surface area contributed by atoms with Crippen molar-refractivity contribution in [3.05, 3.63) is 0 Å². The Labute approximate surface area is 90.3 Å². The van der Waals surface area contributed by atoms with Crippen LogP contribution in [0.1, 0.15) is 6.92 Å². The van der Waals surface area contributed by atoms with Crippen LogP contribution in [0.4, 0.5) is 4.79 Å². The zero-order valence-electron chi connectivity index (χ0n) is 7.67. The summed E-state index contributed by atoms with van der Waals surface area (Å²) in [6.07, 6.45) is -1.01. The fourth-order valence-electron chi connectivity index (χ4n) is 0.681. The molecule has 0 unspecified atom stereocenters. The number of carbonyl (C=O) groups excluding carboxylic acids is 2. The molecule has 0 aliphatic carbocycles. The topological polar surface area (TPSA) is 64.6 Å². The minimum Gasteiger partial charge on any atom is -0.453 e. The van der Waals surface area contributed by atoms with Crippen molar-refractivity contribution < 1.29 is 19.1 Å². The van der Waals surface area contributed by atoms with Gasteiger partial charge in [0, 0.05) is 29.7 Å². The van der Waals surface area contributed by atoms with Gasteiger partial charge >= 0.3 is 6.09 Å². The molecule has 0 saturated carbocycles. The predicted molar refractivity (Wildman–Crippen MR) is 54.8 cm³/mol. The van der Waals surface area contributed by atoms with Crippen LogP contribution < -0.4 is 5.32 Å². The van der Waals surface area contributed by atoms with Gasteiger partial charge in [-0.3, -0.25) is 4.79 Å². The van der Waals surface area contributed by atoms with Gasteiger partial charge in [0.25, 0.3) is 0 Å². The standard InChI is InChI=1S/C7H12INO4/c1-4(12-2)5(6(8)10)9-7(11)13-3/h4-5H,1-3H3,(H,9,11)/t4-,5+/m1/s1. The number of amides is 1. The van der Waals surface area contributed by atoms with Crippen LogP contribution >= 0.6 is 22.6 Å².